The van der Waals surface area contributed by atoms with Crippen molar-refractivity contribution in [3.63, 3.8) is 0 Å². The summed E-state index contributed by atoms with van der Waals surface area (Å²) in [6, 6.07) is 3.27. The lowest BCUT2D eigenvalue weighted by molar-refractivity contribution is 0.0770. The largest absolute Gasteiger partial charge is 0.493 e. The first-order chi connectivity index (χ1) is 10.1. The van der Waals surface area contributed by atoms with Crippen LogP contribution in [0.25, 0.3) is 0 Å². The molecule has 0 saturated carbocycles. The van der Waals surface area contributed by atoms with Crippen LogP contribution in [-0.2, 0) is 10.8 Å². The fraction of sp³-hybridized carbons (Fsp3) is 0.500. The van der Waals surface area contributed by atoms with Crippen molar-refractivity contribution in [2.75, 3.05) is 45.9 Å². The number of carbonyl (C=O) groups is 1. The molecule has 1 heterocycles. The molecule has 0 aromatic heterocycles. The van der Waals surface area contributed by atoms with E-state index in [0.717, 1.165) is 0 Å². The quantitative estimate of drug-likeness (QED) is 0.827. The second-order valence-electron chi connectivity index (χ2n) is 4.55. The summed E-state index contributed by atoms with van der Waals surface area (Å²) in [4.78, 5) is 14.2. The van der Waals surface area contributed by atoms with Crippen LogP contribution in [0.5, 0.6) is 17.2 Å². The Bertz CT molecular complexity index is 525. The second kappa shape index (κ2) is 6.80. The summed E-state index contributed by atoms with van der Waals surface area (Å²) in [5, 5.41) is 0. The Hall–Kier alpha value is -1.76. The van der Waals surface area contributed by atoms with Crippen molar-refractivity contribution in [1.82, 2.24) is 4.90 Å². The molecular formula is C14H19NO5S. The molecular weight excluding hydrogens is 294 g/mol. The van der Waals surface area contributed by atoms with Gasteiger partial charge in [-0.3, -0.25) is 9.00 Å². The van der Waals surface area contributed by atoms with Crippen LogP contribution >= 0.6 is 0 Å². The van der Waals surface area contributed by atoms with E-state index in [4.69, 9.17) is 14.2 Å². The highest BCUT2D eigenvalue weighted by Gasteiger charge is 2.24. The van der Waals surface area contributed by atoms with Crippen LogP contribution in [0, 0.1) is 0 Å². The summed E-state index contributed by atoms with van der Waals surface area (Å²) in [6.45, 7) is 1.00. The molecule has 1 aliphatic rings. The molecule has 0 atom stereocenters. The SMILES string of the molecule is COc1cc(C(=O)N2CCS(=O)CC2)cc(OC)c1OC. The fourth-order valence-electron chi connectivity index (χ4n) is 2.23. The van der Waals surface area contributed by atoms with E-state index in [1.54, 1.807) is 17.0 Å². The standard InChI is InChI=1S/C14H19NO5S/c1-18-11-8-10(9-12(19-2)13(11)20-3)14(16)15-4-6-21(17)7-5-15/h8-9H,4-7H2,1-3H3. The Morgan fingerprint density at radius 3 is 2.00 bits per heavy atom. The Labute approximate surface area is 126 Å². The maximum Gasteiger partial charge on any atom is 0.254 e. The molecule has 21 heavy (non-hydrogen) atoms. The van der Waals surface area contributed by atoms with Gasteiger partial charge in [0.25, 0.3) is 5.91 Å². The van der Waals surface area contributed by atoms with Crippen molar-refractivity contribution in [2.24, 2.45) is 0 Å². The van der Waals surface area contributed by atoms with Gasteiger partial charge in [0.15, 0.2) is 11.5 Å². The van der Waals surface area contributed by atoms with Crippen LogP contribution < -0.4 is 14.2 Å². The van der Waals surface area contributed by atoms with Crippen molar-refractivity contribution < 1.29 is 23.2 Å². The van der Waals surface area contributed by atoms with Crippen LogP contribution in [-0.4, -0.2) is 60.9 Å². The number of methoxy groups -OCH3 is 3. The maximum absolute atomic E-state index is 12.5. The van der Waals surface area contributed by atoms with E-state index >= 15 is 0 Å². The summed E-state index contributed by atoms with van der Waals surface area (Å²) in [6.07, 6.45) is 0. The van der Waals surface area contributed by atoms with E-state index in [1.807, 2.05) is 0 Å². The van der Waals surface area contributed by atoms with Crippen molar-refractivity contribution >= 4 is 16.7 Å². The number of hydrogen-bond acceptors (Lipinski definition) is 5. The second-order valence-corrected chi connectivity index (χ2v) is 6.25. The van der Waals surface area contributed by atoms with Gasteiger partial charge >= 0.3 is 0 Å². The minimum Gasteiger partial charge on any atom is -0.493 e. The lowest BCUT2D eigenvalue weighted by Gasteiger charge is -2.26. The van der Waals surface area contributed by atoms with Gasteiger partial charge in [0.1, 0.15) is 0 Å². The average Bonchev–Trinajstić information content (AvgIpc) is 2.53. The topological polar surface area (TPSA) is 65.1 Å². The number of hydrogen-bond donors (Lipinski definition) is 0. The van der Waals surface area contributed by atoms with E-state index in [-0.39, 0.29) is 5.91 Å². The van der Waals surface area contributed by atoms with Gasteiger partial charge in [-0.05, 0) is 12.1 Å². The average molecular weight is 313 g/mol. The third kappa shape index (κ3) is 3.29. The molecule has 1 aromatic carbocycles. The third-order valence-electron chi connectivity index (χ3n) is 3.38. The molecule has 7 heteroatoms. The molecule has 0 bridgehead atoms. The minimum absolute atomic E-state index is 0.119. The van der Waals surface area contributed by atoms with Crippen LogP contribution in [0.15, 0.2) is 12.1 Å². The molecule has 0 N–H and O–H groups in total. The Kier molecular flexibility index (Phi) is 5.06. The highest BCUT2D eigenvalue weighted by molar-refractivity contribution is 7.85. The summed E-state index contributed by atoms with van der Waals surface area (Å²) >= 11 is 0. The molecule has 1 aliphatic heterocycles. The monoisotopic (exact) mass is 313 g/mol. The number of nitrogens with zero attached hydrogens (tertiary/aromatic N) is 1. The zero-order valence-corrected chi connectivity index (χ0v) is 13.2. The predicted molar refractivity (Wildman–Crippen MR) is 79.9 cm³/mol. The highest BCUT2D eigenvalue weighted by Crippen LogP contribution is 2.38. The summed E-state index contributed by atoms with van der Waals surface area (Å²) in [5.41, 5.74) is 0.470. The van der Waals surface area contributed by atoms with Crippen LogP contribution in [0.1, 0.15) is 10.4 Å². The van der Waals surface area contributed by atoms with Gasteiger partial charge in [0.05, 0.1) is 21.3 Å². The third-order valence-corrected chi connectivity index (χ3v) is 4.65. The Morgan fingerprint density at radius 1 is 1.05 bits per heavy atom. The van der Waals surface area contributed by atoms with Gasteiger partial charge < -0.3 is 19.1 Å². The molecule has 6 nitrogen and oxygen atoms in total. The van der Waals surface area contributed by atoms with Gasteiger partial charge in [-0.1, -0.05) is 0 Å². The normalized spacial score (nSPS) is 15.7. The molecule has 1 aromatic rings. The van der Waals surface area contributed by atoms with Gasteiger partial charge in [-0.15, -0.1) is 0 Å². The number of ether oxygens (including phenoxy) is 3. The molecule has 0 spiro atoms. The smallest absolute Gasteiger partial charge is 0.254 e. The first-order valence-electron chi connectivity index (χ1n) is 6.55. The van der Waals surface area contributed by atoms with Gasteiger partial charge in [-0.25, -0.2) is 0 Å². The van der Waals surface area contributed by atoms with Gasteiger partial charge in [0, 0.05) is 41.0 Å². The number of rotatable bonds is 4. The van der Waals surface area contributed by atoms with Crippen molar-refractivity contribution in [3.05, 3.63) is 17.7 Å². The number of benzene rings is 1. The molecule has 1 amide bonds. The predicted octanol–water partition coefficient (Wildman–Crippen LogP) is 0.917. The molecule has 0 aliphatic carbocycles. The van der Waals surface area contributed by atoms with E-state index in [1.165, 1.54) is 21.3 Å². The van der Waals surface area contributed by atoms with E-state index in [0.29, 0.717) is 47.4 Å². The van der Waals surface area contributed by atoms with E-state index in [9.17, 15) is 9.00 Å². The van der Waals surface area contributed by atoms with Gasteiger partial charge in [-0.2, -0.15) is 0 Å². The molecule has 1 fully saturated rings. The maximum atomic E-state index is 12.5. The van der Waals surface area contributed by atoms with Crippen LogP contribution in [0.4, 0.5) is 0 Å². The lowest BCUT2D eigenvalue weighted by Crippen LogP contribution is -2.41. The van der Waals surface area contributed by atoms with E-state index < -0.39 is 10.8 Å². The first-order valence-corrected chi connectivity index (χ1v) is 8.03. The molecule has 0 unspecified atom stereocenters. The zero-order chi connectivity index (χ0) is 15.4. The fourth-order valence-corrected chi connectivity index (χ4v) is 3.28. The summed E-state index contributed by atoms with van der Waals surface area (Å²) in [5.74, 6) is 2.27. The van der Waals surface area contributed by atoms with Gasteiger partial charge in [0.2, 0.25) is 5.75 Å². The molecule has 0 radical (unpaired) electrons. The summed E-state index contributed by atoms with van der Waals surface area (Å²) < 4.78 is 27.1. The van der Waals surface area contributed by atoms with Crippen LogP contribution in [0.2, 0.25) is 0 Å². The first kappa shape index (κ1) is 15.6. The molecule has 1 saturated heterocycles. The lowest BCUT2D eigenvalue weighted by atomic mass is 10.1. The minimum atomic E-state index is -0.814. The molecule has 116 valence electrons. The number of carbonyl (C=O) groups excluding carboxylic acids is 1. The number of amides is 1. The molecule has 2 rings (SSSR count). The Morgan fingerprint density at radius 2 is 1.57 bits per heavy atom. The highest BCUT2D eigenvalue weighted by atomic mass is 32.2. The Balaban J connectivity index is 2.30. The van der Waals surface area contributed by atoms with Crippen molar-refractivity contribution in [3.8, 4) is 17.2 Å². The van der Waals surface area contributed by atoms with E-state index in [2.05, 4.69) is 0 Å². The van der Waals surface area contributed by atoms with Crippen LogP contribution in [0.3, 0.4) is 0 Å². The van der Waals surface area contributed by atoms with Crippen molar-refractivity contribution in [2.45, 2.75) is 0 Å². The summed E-state index contributed by atoms with van der Waals surface area (Å²) in [7, 11) is 3.72. The van der Waals surface area contributed by atoms with Crippen molar-refractivity contribution in [1.29, 1.82) is 0 Å². The zero-order valence-electron chi connectivity index (χ0n) is 12.4.